The second-order valence-electron chi connectivity index (χ2n) is 8.91. The highest BCUT2D eigenvalue weighted by atomic mass is 14.9. The predicted molar refractivity (Wildman–Crippen MR) is 82.2 cm³/mol. The molecule has 1 N–H and O–H groups in total. The molecular weight excluding hydrogens is 230 g/mol. The van der Waals surface area contributed by atoms with Gasteiger partial charge in [-0.25, -0.2) is 0 Å². The van der Waals surface area contributed by atoms with Crippen molar-refractivity contribution in [2.24, 2.45) is 22.2 Å². The van der Waals surface area contributed by atoms with Crippen LogP contribution in [-0.2, 0) is 0 Å². The van der Waals surface area contributed by atoms with Crippen molar-refractivity contribution in [1.29, 1.82) is 0 Å². The van der Waals surface area contributed by atoms with Crippen molar-refractivity contribution in [2.75, 3.05) is 6.54 Å². The van der Waals surface area contributed by atoms with Crippen LogP contribution in [0.25, 0.3) is 0 Å². The van der Waals surface area contributed by atoms with E-state index < -0.39 is 0 Å². The molecule has 3 atom stereocenters. The average Bonchev–Trinajstić information content (AvgIpc) is 2.24. The summed E-state index contributed by atoms with van der Waals surface area (Å²) in [6.45, 7) is 11.1. The molecule has 0 heterocycles. The lowest BCUT2D eigenvalue weighted by Gasteiger charge is -2.67. The molecule has 0 amide bonds. The monoisotopic (exact) mass is 263 g/mol. The van der Waals surface area contributed by atoms with E-state index in [2.05, 4.69) is 33.0 Å². The summed E-state index contributed by atoms with van der Waals surface area (Å²) in [7, 11) is 0. The van der Waals surface area contributed by atoms with E-state index in [0.29, 0.717) is 16.2 Å². The lowest BCUT2D eigenvalue weighted by molar-refractivity contribution is -0.158. The van der Waals surface area contributed by atoms with Crippen LogP contribution >= 0.6 is 0 Å². The molecule has 1 nitrogen and oxygen atoms in total. The average molecular weight is 263 g/mol. The van der Waals surface area contributed by atoms with E-state index in [4.69, 9.17) is 0 Å². The van der Waals surface area contributed by atoms with Gasteiger partial charge in [-0.05, 0) is 80.1 Å². The molecule has 0 aliphatic heterocycles. The van der Waals surface area contributed by atoms with E-state index >= 15 is 0 Å². The first-order valence-corrected chi connectivity index (χ1v) is 8.66. The van der Waals surface area contributed by atoms with Gasteiger partial charge in [-0.15, -0.1) is 0 Å². The van der Waals surface area contributed by atoms with Crippen molar-refractivity contribution in [3.8, 4) is 0 Å². The zero-order chi connectivity index (χ0) is 13.7. The summed E-state index contributed by atoms with van der Waals surface area (Å²) < 4.78 is 0. The molecule has 4 aliphatic rings. The standard InChI is InChI=1S/C18H33N/c1-5-7-19-15(6-2)18-10-14-8-16(3,12-18)11-17(4,9-14)13-18/h14-15,19H,5-13H2,1-4H3. The smallest absolute Gasteiger partial charge is 0.0121 e. The van der Waals surface area contributed by atoms with Crippen molar-refractivity contribution in [2.45, 2.75) is 85.1 Å². The lowest BCUT2D eigenvalue weighted by Crippen LogP contribution is -2.61. The van der Waals surface area contributed by atoms with Gasteiger partial charge in [-0.1, -0.05) is 27.7 Å². The molecule has 4 aliphatic carbocycles. The first-order valence-electron chi connectivity index (χ1n) is 8.66. The Balaban J connectivity index is 1.86. The van der Waals surface area contributed by atoms with Gasteiger partial charge in [0.05, 0.1) is 0 Å². The molecule has 19 heavy (non-hydrogen) atoms. The number of hydrogen-bond donors (Lipinski definition) is 1. The maximum Gasteiger partial charge on any atom is 0.0121 e. The third kappa shape index (κ3) is 2.26. The van der Waals surface area contributed by atoms with E-state index in [0.717, 1.165) is 12.0 Å². The fraction of sp³-hybridized carbons (Fsp3) is 1.00. The predicted octanol–water partition coefficient (Wildman–Crippen LogP) is 4.76. The summed E-state index contributed by atoms with van der Waals surface area (Å²) in [5.74, 6) is 1.03. The van der Waals surface area contributed by atoms with Gasteiger partial charge in [-0.3, -0.25) is 0 Å². The second kappa shape index (κ2) is 4.48. The molecule has 4 fully saturated rings. The largest absolute Gasteiger partial charge is 0.313 e. The Hall–Kier alpha value is -0.0400. The fourth-order valence-electron chi connectivity index (χ4n) is 7.04. The van der Waals surface area contributed by atoms with E-state index in [1.54, 1.807) is 0 Å². The maximum atomic E-state index is 3.91. The van der Waals surface area contributed by atoms with Gasteiger partial charge in [-0.2, -0.15) is 0 Å². The topological polar surface area (TPSA) is 12.0 Å². The van der Waals surface area contributed by atoms with Crippen LogP contribution in [0.5, 0.6) is 0 Å². The van der Waals surface area contributed by atoms with E-state index in [1.807, 2.05) is 0 Å². The van der Waals surface area contributed by atoms with Crippen LogP contribution in [0.3, 0.4) is 0 Å². The first kappa shape index (κ1) is 13.9. The highest BCUT2D eigenvalue weighted by Crippen LogP contribution is 2.70. The van der Waals surface area contributed by atoms with Gasteiger partial charge in [0.1, 0.15) is 0 Å². The van der Waals surface area contributed by atoms with Gasteiger partial charge < -0.3 is 5.32 Å². The maximum absolute atomic E-state index is 3.91. The summed E-state index contributed by atoms with van der Waals surface area (Å²) in [5.41, 5.74) is 1.96. The van der Waals surface area contributed by atoms with Gasteiger partial charge in [0.2, 0.25) is 0 Å². The summed E-state index contributed by atoms with van der Waals surface area (Å²) >= 11 is 0. The summed E-state index contributed by atoms with van der Waals surface area (Å²) in [4.78, 5) is 0. The summed E-state index contributed by atoms with van der Waals surface area (Å²) in [5, 5.41) is 3.91. The number of rotatable bonds is 5. The Labute approximate surface area is 119 Å². The second-order valence-corrected chi connectivity index (χ2v) is 8.91. The lowest BCUT2D eigenvalue weighted by atomic mass is 9.39. The molecule has 1 heteroatoms. The highest BCUT2D eigenvalue weighted by Gasteiger charge is 2.61. The van der Waals surface area contributed by atoms with Crippen LogP contribution in [0, 0.1) is 22.2 Å². The minimum Gasteiger partial charge on any atom is -0.313 e. The molecule has 0 spiro atoms. The van der Waals surface area contributed by atoms with Crippen molar-refractivity contribution in [1.82, 2.24) is 5.32 Å². The van der Waals surface area contributed by atoms with Crippen LogP contribution in [0.1, 0.15) is 79.1 Å². The minimum absolute atomic E-state index is 0.632. The Morgan fingerprint density at radius 2 is 1.63 bits per heavy atom. The van der Waals surface area contributed by atoms with E-state index in [-0.39, 0.29) is 0 Å². The molecule has 110 valence electrons. The van der Waals surface area contributed by atoms with Crippen LogP contribution in [0.15, 0.2) is 0 Å². The molecule has 4 rings (SSSR count). The van der Waals surface area contributed by atoms with Gasteiger partial charge in [0, 0.05) is 6.04 Å². The van der Waals surface area contributed by atoms with E-state index in [9.17, 15) is 0 Å². The third-order valence-corrected chi connectivity index (χ3v) is 6.46. The summed E-state index contributed by atoms with van der Waals surface area (Å²) in [6.07, 6.45) is 11.7. The molecule has 0 aromatic heterocycles. The number of hydrogen-bond acceptors (Lipinski definition) is 1. The minimum atomic E-state index is 0.632. The van der Waals surface area contributed by atoms with Crippen LogP contribution in [0.2, 0.25) is 0 Å². The first-order chi connectivity index (χ1) is 8.93. The molecule has 0 aromatic carbocycles. The molecule has 3 unspecified atom stereocenters. The third-order valence-electron chi connectivity index (χ3n) is 6.46. The van der Waals surface area contributed by atoms with Crippen molar-refractivity contribution in [3.63, 3.8) is 0 Å². The van der Waals surface area contributed by atoms with Crippen molar-refractivity contribution < 1.29 is 0 Å². The SMILES string of the molecule is CCCNC(CC)C12CC3CC(C)(CC(C)(C3)C1)C2. The normalized spacial score (nSPS) is 49.6. The quantitative estimate of drug-likeness (QED) is 0.754. The van der Waals surface area contributed by atoms with Gasteiger partial charge >= 0.3 is 0 Å². The summed E-state index contributed by atoms with van der Waals surface area (Å²) in [6, 6.07) is 0.773. The Morgan fingerprint density at radius 3 is 2.11 bits per heavy atom. The van der Waals surface area contributed by atoms with E-state index in [1.165, 1.54) is 57.9 Å². The molecule has 0 aromatic rings. The Bertz CT molecular complexity index is 330. The Morgan fingerprint density at radius 1 is 1.00 bits per heavy atom. The molecule has 4 bridgehead atoms. The van der Waals surface area contributed by atoms with Crippen molar-refractivity contribution >= 4 is 0 Å². The fourth-order valence-corrected chi connectivity index (χ4v) is 7.04. The zero-order valence-electron chi connectivity index (χ0n) is 13.5. The Kier molecular flexibility index (Phi) is 3.28. The molecule has 4 saturated carbocycles. The van der Waals surface area contributed by atoms with Gasteiger partial charge in [0.15, 0.2) is 0 Å². The molecule has 0 saturated heterocycles. The van der Waals surface area contributed by atoms with Crippen molar-refractivity contribution in [3.05, 3.63) is 0 Å². The number of nitrogens with one attached hydrogen (secondary N) is 1. The van der Waals surface area contributed by atoms with Gasteiger partial charge in [0.25, 0.3) is 0 Å². The molecular formula is C18H33N. The zero-order valence-corrected chi connectivity index (χ0v) is 13.5. The van der Waals surface area contributed by atoms with Crippen LogP contribution in [-0.4, -0.2) is 12.6 Å². The van der Waals surface area contributed by atoms with Crippen LogP contribution in [0.4, 0.5) is 0 Å². The molecule has 0 radical (unpaired) electrons. The van der Waals surface area contributed by atoms with Crippen LogP contribution < -0.4 is 5.32 Å². The highest BCUT2D eigenvalue weighted by molar-refractivity contribution is 5.13.